The molecular formula is C12H19NO. The van der Waals surface area contributed by atoms with E-state index in [1.807, 2.05) is 0 Å². The van der Waals surface area contributed by atoms with Crippen LogP contribution in [0.4, 0.5) is 0 Å². The second kappa shape index (κ2) is 5.13. The SMILES string of the molecule is CCc1ccc(C(C)C)cc1CON. The van der Waals surface area contributed by atoms with Crippen LogP contribution in [-0.4, -0.2) is 0 Å². The summed E-state index contributed by atoms with van der Waals surface area (Å²) in [5, 5.41) is 0. The van der Waals surface area contributed by atoms with Crippen molar-refractivity contribution in [3.05, 3.63) is 34.9 Å². The van der Waals surface area contributed by atoms with Gasteiger partial charge in [0.2, 0.25) is 0 Å². The Morgan fingerprint density at radius 1 is 1.29 bits per heavy atom. The van der Waals surface area contributed by atoms with Crippen molar-refractivity contribution < 1.29 is 4.84 Å². The van der Waals surface area contributed by atoms with Gasteiger partial charge in [0.05, 0.1) is 6.61 Å². The third-order valence-corrected chi connectivity index (χ3v) is 2.52. The van der Waals surface area contributed by atoms with Gasteiger partial charge < -0.3 is 0 Å². The zero-order chi connectivity index (χ0) is 10.6. The van der Waals surface area contributed by atoms with Crippen LogP contribution in [0.3, 0.4) is 0 Å². The average Bonchev–Trinajstić information content (AvgIpc) is 2.18. The molecule has 0 atom stereocenters. The van der Waals surface area contributed by atoms with Gasteiger partial charge in [0.15, 0.2) is 0 Å². The second-order valence-electron chi connectivity index (χ2n) is 3.85. The van der Waals surface area contributed by atoms with Crippen LogP contribution in [0.5, 0.6) is 0 Å². The highest BCUT2D eigenvalue weighted by molar-refractivity contribution is 5.33. The molecule has 78 valence electrons. The summed E-state index contributed by atoms with van der Waals surface area (Å²) in [4.78, 5) is 4.71. The fraction of sp³-hybridized carbons (Fsp3) is 0.500. The van der Waals surface area contributed by atoms with Crippen molar-refractivity contribution >= 4 is 0 Å². The lowest BCUT2D eigenvalue weighted by molar-refractivity contribution is 0.123. The Labute approximate surface area is 86.0 Å². The molecule has 0 fully saturated rings. The zero-order valence-corrected chi connectivity index (χ0v) is 9.21. The molecule has 2 heteroatoms. The quantitative estimate of drug-likeness (QED) is 0.746. The summed E-state index contributed by atoms with van der Waals surface area (Å²) in [7, 11) is 0. The number of benzene rings is 1. The first-order valence-electron chi connectivity index (χ1n) is 5.12. The fourth-order valence-corrected chi connectivity index (χ4v) is 1.57. The van der Waals surface area contributed by atoms with Crippen LogP contribution in [0.25, 0.3) is 0 Å². The molecule has 0 aliphatic rings. The van der Waals surface area contributed by atoms with Crippen molar-refractivity contribution in [1.82, 2.24) is 0 Å². The van der Waals surface area contributed by atoms with Gasteiger partial charge in [-0.15, -0.1) is 0 Å². The van der Waals surface area contributed by atoms with Crippen LogP contribution >= 0.6 is 0 Å². The zero-order valence-electron chi connectivity index (χ0n) is 9.21. The monoisotopic (exact) mass is 193 g/mol. The smallest absolute Gasteiger partial charge is 0.0932 e. The van der Waals surface area contributed by atoms with Crippen molar-refractivity contribution in [2.45, 2.75) is 39.7 Å². The van der Waals surface area contributed by atoms with Crippen LogP contribution in [0.15, 0.2) is 18.2 Å². The van der Waals surface area contributed by atoms with Crippen LogP contribution < -0.4 is 5.90 Å². The van der Waals surface area contributed by atoms with Crippen LogP contribution in [0.2, 0.25) is 0 Å². The number of rotatable bonds is 4. The summed E-state index contributed by atoms with van der Waals surface area (Å²) in [5.74, 6) is 5.66. The standard InChI is InChI=1S/C12H19NO/c1-4-10-5-6-11(9(2)3)7-12(10)8-14-13/h5-7,9H,4,8,13H2,1-3H3. The molecule has 0 saturated heterocycles. The first kappa shape index (κ1) is 11.2. The van der Waals surface area contributed by atoms with E-state index in [2.05, 4.69) is 39.0 Å². The average molecular weight is 193 g/mol. The Balaban J connectivity index is 3.01. The summed E-state index contributed by atoms with van der Waals surface area (Å²) in [6, 6.07) is 6.55. The van der Waals surface area contributed by atoms with Crippen molar-refractivity contribution in [2.24, 2.45) is 5.90 Å². The van der Waals surface area contributed by atoms with E-state index in [4.69, 9.17) is 10.7 Å². The first-order chi connectivity index (χ1) is 6.69. The summed E-state index contributed by atoms with van der Waals surface area (Å²) >= 11 is 0. The molecule has 1 rings (SSSR count). The van der Waals surface area contributed by atoms with Gasteiger partial charge in [0.25, 0.3) is 0 Å². The van der Waals surface area contributed by atoms with Crippen molar-refractivity contribution in [2.75, 3.05) is 0 Å². The topological polar surface area (TPSA) is 35.2 Å². The maximum absolute atomic E-state index is 5.11. The van der Waals surface area contributed by atoms with E-state index in [1.54, 1.807) is 0 Å². The van der Waals surface area contributed by atoms with E-state index in [-0.39, 0.29) is 0 Å². The fourth-order valence-electron chi connectivity index (χ4n) is 1.57. The van der Waals surface area contributed by atoms with E-state index >= 15 is 0 Å². The molecule has 0 heterocycles. The predicted molar refractivity (Wildman–Crippen MR) is 58.9 cm³/mol. The minimum Gasteiger partial charge on any atom is -0.300 e. The van der Waals surface area contributed by atoms with E-state index in [9.17, 15) is 0 Å². The summed E-state index contributed by atoms with van der Waals surface area (Å²) in [5.41, 5.74) is 3.87. The lowest BCUT2D eigenvalue weighted by atomic mass is 9.96. The molecule has 0 aliphatic carbocycles. The van der Waals surface area contributed by atoms with E-state index in [0.29, 0.717) is 12.5 Å². The highest BCUT2D eigenvalue weighted by atomic mass is 16.6. The minimum absolute atomic E-state index is 0.504. The van der Waals surface area contributed by atoms with Gasteiger partial charge in [-0.3, -0.25) is 4.84 Å². The van der Waals surface area contributed by atoms with E-state index in [0.717, 1.165) is 6.42 Å². The number of hydrogen-bond donors (Lipinski definition) is 1. The Morgan fingerprint density at radius 2 is 2.00 bits per heavy atom. The van der Waals surface area contributed by atoms with E-state index < -0.39 is 0 Å². The summed E-state index contributed by atoms with van der Waals surface area (Å²) in [6.07, 6.45) is 1.02. The normalized spacial score (nSPS) is 10.9. The molecule has 0 spiro atoms. The highest BCUT2D eigenvalue weighted by Gasteiger charge is 2.04. The molecule has 0 amide bonds. The Bertz CT molecular complexity index is 294. The van der Waals surface area contributed by atoms with Gasteiger partial charge in [0.1, 0.15) is 0 Å². The molecule has 0 aromatic heterocycles. The van der Waals surface area contributed by atoms with Gasteiger partial charge in [-0.25, -0.2) is 5.90 Å². The molecule has 14 heavy (non-hydrogen) atoms. The van der Waals surface area contributed by atoms with Gasteiger partial charge in [-0.1, -0.05) is 39.0 Å². The van der Waals surface area contributed by atoms with Gasteiger partial charge in [0, 0.05) is 0 Å². The molecule has 0 radical (unpaired) electrons. The van der Waals surface area contributed by atoms with Gasteiger partial charge >= 0.3 is 0 Å². The molecule has 2 nitrogen and oxygen atoms in total. The van der Waals surface area contributed by atoms with Crippen LogP contribution in [-0.2, 0) is 17.9 Å². The third-order valence-electron chi connectivity index (χ3n) is 2.52. The lowest BCUT2D eigenvalue weighted by Crippen LogP contribution is -2.03. The largest absolute Gasteiger partial charge is 0.300 e. The highest BCUT2D eigenvalue weighted by Crippen LogP contribution is 2.19. The maximum atomic E-state index is 5.11. The number of nitrogens with two attached hydrogens (primary N) is 1. The molecule has 1 aromatic carbocycles. The Kier molecular flexibility index (Phi) is 4.11. The number of hydrogen-bond acceptors (Lipinski definition) is 2. The Hall–Kier alpha value is -0.860. The minimum atomic E-state index is 0.504. The first-order valence-corrected chi connectivity index (χ1v) is 5.12. The maximum Gasteiger partial charge on any atom is 0.0932 e. The van der Waals surface area contributed by atoms with Crippen LogP contribution in [0.1, 0.15) is 43.4 Å². The van der Waals surface area contributed by atoms with E-state index in [1.165, 1.54) is 16.7 Å². The lowest BCUT2D eigenvalue weighted by Gasteiger charge is -2.11. The molecular weight excluding hydrogens is 174 g/mol. The van der Waals surface area contributed by atoms with Gasteiger partial charge in [-0.2, -0.15) is 0 Å². The number of aryl methyl sites for hydroxylation is 1. The molecule has 0 bridgehead atoms. The Morgan fingerprint density at radius 3 is 2.50 bits per heavy atom. The second-order valence-corrected chi connectivity index (χ2v) is 3.85. The van der Waals surface area contributed by atoms with Crippen molar-refractivity contribution in [3.8, 4) is 0 Å². The third kappa shape index (κ3) is 2.56. The molecule has 0 saturated carbocycles. The van der Waals surface area contributed by atoms with Gasteiger partial charge in [-0.05, 0) is 29.0 Å². The summed E-state index contributed by atoms with van der Waals surface area (Å²) < 4.78 is 0. The molecule has 0 unspecified atom stereocenters. The van der Waals surface area contributed by atoms with Crippen molar-refractivity contribution in [3.63, 3.8) is 0 Å². The van der Waals surface area contributed by atoms with Crippen molar-refractivity contribution in [1.29, 1.82) is 0 Å². The predicted octanol–water partition coefficient (Wildman–Crippen LogP) is 2.76. The summed E-state index contributed by atoms with van der Waals surface area (Å²) in [6.45, 7) is 7.02. The molecule has 1 aromatic rings. The molecule has 2 N–H and O–H groups in total. The molecule has 0 aliphatic heterocycles. The van der Waals surface area contributed by atoms with Crippen LogP contribution in [0, 0.1) is 0 Å².